The summed E-state index contributed by atoms with van der Waals surface area (Å²) in [7, 11) is 0. The normalized spacial score (nSPS) is 42.9. The highest BCUT2D eigenvalue weighted by atomic mass is 32.2. The molecule has 4 atom stereocenters. The van der Waals surface area contributed by atoms with Crippen LogP contribution >= 0.6 is 11.8 Å². The van der Waals surface area contributed by atoms with E-state index in [0.717, 1.165) is 75.2 Å². The number of rotatable bonds is 2. The molecule has 4 nitrogen and oxygen atoms in total. The Morgan fingerprint density at radius 2 is 1.05 bits per heavy atom. The van der Waals surface area contributed by atoms with E-state index in [0.29, 0.717) is 0 Å². The first-order valence-electron chi connectivity index (χ1n) is 8.71. The third-order valence-corrected chi connectivity index (χ3v) is 7.53. The van der Waals surface area contributed by atoms with Crippen LogP contribution in [0.3, 0.4) is 0 Å². The minimum absolute atomic E-state index is 0.820. The molecular weight excluding hydrogens is 284 g/mol. The first-order valence-corrected chi connectivity index (χ1v) is 9.65. The van der Waals surface area contributed by atoms with Gasteiger partial charge in [0.15, 0.2) is 0 Å². The molecule has 0 aromatic heterocycles. The minimum atomic E-state index is 0.820. The van der Waals surface area contributed by atoms with Crippen molar-refractivity contribution in [1.29, 1.82) is 0 Å². The molecule has 4 heterocycles. The van der Waals surface area contributed by atoms with Gasteiger partial charge in [0.2, 0.25) is 0 Å². The molecule has 0 radical (unpaired) electrons. The van der Waals surface area contributed by atoms with Crippen molar-refractivity contribution in [2.45, 2.75) is 48.3 Å². The Labute approximate surface area is 132 Å². The predicted octanol–water partition coefficient (Wildman–Crippen LogP) is 1.45. The minimum Gasteiger partial charge on any atom is -0.379 e. The summed E-state index contributed by atoms with van der Waals surface area (Å²) in [4.78, 5) is 5.43. The van der Waals surface area contributed by atoms with Crippen molar-refractivity contribution in [2.24, 2.45) is 0 Å². The molecule has 0 unspecified atom stereocenters. The Bertz CT molecular complexity index is 313. The van der Waals surface area contributed by atoms with Gasteiger partial charge in [-0.05, 0) is 25.7 Å². The molecule has 120 valence electrons. The van der Waals surface area contributed by atoms with Crippen molar-refractivity contribution in [1.82, 2.24) is 9.80 Å². The summed E-state index contributed by atoms with van der Waals surface area (Å²) in [6.45, 7) is 8.36. The van der Waals surface area contributed by atoms with Gasteiger partial charge in [-0.15, -0.1) is 0 Å². The van der Waals surface area contributed by atoms with Gasteiger partial charge in [-0.2, -0.15) is 11.8 Å². The quantitative estimate of drug-likeness (QED) is 0.768. The number of hydrogen-bond acceptors (Lipinski definition) is 5. The van der Waals surface area contributed by atoms with Crippen LogP contribution in [-0.4, -0.2) is 85.0 Å². The van der Waals surface area contributed by atoms with E-state index in [4.69, 9.17) is 9.47 Å². The van der Waals surface area contributed by atoms with Gasteiger partial charge in [-0.25, -0.2) is 0 Å². The Kier molecular flexibility index (Phi) is 4.74. The fourth-order valence-electron chi connectivity index (χ4n) is 4.62. The summed E-state index contributed by atoms with van der Waals surface area (Å²) in [5.74, 6) is 0. The first-order chi connectivity index (χ1) is 10.4. The van der Waals surface area contributed by atoms with E-state index in [9.17, 15) is 0 Å². The van der Waals surface area contributed by atoms with Crippen molar-refractivity contribution in [3.8, 4) is 0 Å². The SMILES string of the molecule is C1CN([C@@H]2CC[C@H]3S[C@H]2CC[C@@H]3N2CCOCC2)CCO1. The van der Waals surface area contributed by atoms with Crippen LogP contribution in [-0.2, 0) is 9.47 Å². The van der Waals surface area contributed by atoms with Gasteiger partial charge in [0.05, 0.1) is 26.4 Å². The van der Waals surface area contributed by atoms with E-state index in [1.165, 1.54) is 25.7 Å². The zero-order valence-corrected chi connectivity index (χ0v) is 13.7. The summed E-state index contributed by atoms with van der Waals surface area (Å²) in [5, 5.41) is 1.75. The molecule has 0 saturated carbocycles. The zero-order valence-electron chi connectivity index (χ0n) is 12.9. The maximum atomic E-state index is 5.52. The van der Waals surface area contributed by atoms with Crippen molar-refractivity contribution < 1.29 is 9.47 Å². The third-order valence-electron chi connectivity index (χ3n) is 5.73. The van der Waals surface area contributed by atoms with Gasteiger partial charge in [0.25, 0.3) is 0 Å². The highest BCUT2D eigenvalue weighted by Crippen LogP contribution is 2.45. The first kappa shape index (κ1) is 14.8. The smallest absolute Gasteiger partial charge is 0.0594 e. The molecule has 0 spiro atoms. The topological polar surface area (TPSA) is 24.9 Å². The standard InChI is InChI=1S/C16H28N2O2S/c1-3-15-14(18-7-11-20-12-8-18)2-4-16(21-15)13(1)17-5-9-19-10-6-17/h13-16H,1-12H2/t13-,14+,15-,16+. The third kappa shape index (κ3) is 3.13. The summed E-state index contributed by atoms with van der Waals surface area (Å²) >= 11 is 2.31. The molecule has 4 aliphatic rings. The van der Waals surface area contributed by atoms with Crippen molar-refractivity contribution in [3.05, 3.63) is 0 Å². The van der Waals surface area contributed by atoms with Crippen LogP contribution in [0, 0.1) is 0 Å². The lowest BCUT2D eigenvalue weighted by molar-refractivity contribution is -0.00254. The molecule has 5 heteroatoms. The number of hydrogen-bond donors (Lipinski definition) is 0. The number of fused-ring (bicyclic) bond motifs is 2. The van der Waals surface area contributed by atoms with Gasteiger partial charge < -0.3 is 9.47 Å². The Morgan fingerprint density at radius 1 is 0.619 bits per heavy atom. The molecule has 4 rings (SSSR count). The van der Waals surface area contributed by atoms with E-state index in [1.54, 1.807) is 0 Å². The second kappa shape index (κ2) is 6.75. The summed E-state index contributed by atoms with van der Waals surface area (Å²) in [5.41, 5.74) is 0. The maximum Gasteiger partial charge on any atom is 0.0594 e. The van der Waals surface area contributed by atoms with E-state index in [1.807, 2.05) is 0 Å². The van der Waals surface area contributed by atoms with Crippen LogP contribution in [0.5, 0.6) is 0 Å². The average molecular weight is 312 g/mol. The van der Waals surface area contributed by atoms with Gasteiger partial charge in [-0.1, -0.05) is 0 Å². The molecule has 4 aliphatic heterocycles. The summed E-state index contributed by atoms with van der Waals surface area (Å²) in [6, 6.07) is 1.64. The second-order valence-electron chi connectivity index (χ2n) is 6.80. The fraction of sp³-hybridized carbons (Fsp3) is 1.00. The summed E-state index contributed by atoms with van der Waals surface area (Å²) < 4.78 is 11.0. The van der Waals surface area contributed by atoms with Gasteiger partial charge in [0, 0.05) is 48.8 Å². The Hall–Kier alpha value is 0.190. The van der Waals surface area contributed by atoms with Crippen molar-refractivity contribution in [2.75, 3.05) is 52.6 Å². The van der Waals surface area contributed by atoms with Crippen LogP contribution in [0.25, 0.3) is 0 Å². The van der Waals surface area contributed by atoms with E-state index < -0.39 is 0 Å². The van der Waals surface area contributed by atoms with E-state index in [2.05, 4.69) is 21.6 Å². The highest BCUT2D eigenvalue weighted by molar-refractivity contribution is 8.00. The molecule has 4 fully saturated rings. The monoisotopic (exact) mass is 312 g/mol. The number of thioether (sulfide) groups is 1. The predicted molar refractivity (Wildman–Crippen MR) is 86.0 cm³/mol. The molecule has 0 aromatic rings. The van der Waals surface area contributed by atoms with Crippen LogP contribution < -0.4 is 0 Å². The lowest BCUT2D eigenvalue weighted by Gasteiger charge is -2.51. The molecule has 0 amide bonds. The van der Waals surface area contributed by atoms with Crippen molar-refractivity contribution >= 4 is 11.8 Å². The Balaban J connectivity index is 1.37. The molecule has 4 saturated heterocycles. The van der Waals surface area contributed by atoms with Gasteiger partial charge in [0.1, 0.15) is 0 Å². The second-order valence-corrected chi connectivity index (χ2v) is 8.28. The van der Waals surface area contributed by atoms with E-state index in [-0.39, 0.29) is 0 Å². The zero-order chi connectivity index (χ0) is 14.1. The maximum absolute atomic E-state index is 5.52. The summed E-state index contributed by atoms with van der Waals surface area (Å²) in [6.07, 6.45) is 5.63. The lowest BCUT2D eigenvalue weighted by Crippen LogP contribution is -2.57. The highest BCUT2D eigenvalue weighted by Gasteiger charge is 2.43. The van der Waals surface area contributed by atoms with Crippen LogP contribution in [0.1, 0.15) is 25.7 Å². The van der Waals surface area contributed by atoms with Gasteiger partial charge >= 0.3 is 0 Å². The fourth-order valence-corrected chi connectivity index (χ4v) is 6.59. The molecule has 2 bridgehead atoms. The largest absolute Gasteiger partial charge is 0.379 e. The van der Waals surface area contributed by atoms with Crippen molar-refractivity contribution in [3.63, 3.8) is 0 Å². The van der Waals surface area contributed by atoms with Gasteiger partial charge in [-0.3, -0.25) is 9.80 Å². The van der Waals surface area contributed by atoms with Crippen LogP contribution in [0.15, 0.2) is 0 Å². The number of morpholine rings is 2. The average Bonchev–Trinajstić information content (AvgIpc) is 2.57. The molecular formula is C16H28N2O2S. The Morgan fingerprint density at radius 3 is 1.48 bits per heavy atom. The number of nitrogens with zero attached hydrogens (tertiary/aromatic N) is 2. The molecule has 21 heavy (non-hydrogen) atoms. The molecule has 0 aliphatic carbocycles. The number of ether oxygens (including phenoxy) is 2. The van der Waals surface area contributed by atoms with Crippen LogP contribution in [0.2, 0.25) is 0 Å². The molecule has 0 N–H and O–H groups in total. The van der Waals surface area contributed by atoms with Crippen LogP contribution in [0.4, 0.5) is 0 Å². The lowest BCUT2D eigenvalue weighted by atomic mass is 9.89. The molecule has 0 aromatic carbocycles. The van der Waals surface area contributed by atoms with E-state index >= 15 is 0 Å².